The summed E-state index contributed by atoms with van der Waals surface area (Å²) in [5.41, 5.74) is 0. The Morgan fingerprint density at radius 1 is 1.11 bits per heavy atom. The van der Waals surface area contributed by atoms with Crippen molar-refractivity contribution in [3.8, 4) is 0 Å². The molecular weight excluding hydrogens is 230 g/mol. The Balaban J connectivity index is 1.89. The highest BCUT2D eigenvalue weighted by Crippen LogP contribution is 2.16. The minimum absolute atomic E-state index is 0.0568. The molecule has 1 N–H and O–H groups in total. The number of hydrogen-bond acceptors (Lipinski definition) is 4. The lowest BCUT2D eigenvalue weighted by molar-refractivity contribution is -0.148. The average Bonchev–Trinajstić information content (AvgIpc) is 2.55. The molecule has 5 nitrogen and oxygen atoms in total. The van der Waals surface area contributed by atoms with Crippen LogP contribution in [0.25, 0.3) is 0 Å². The second-order valence-electron chi connectivity index (χ2n) is 5.48. The Morgan fingerprint density at radius 3 is 2.67 bits per heavy atom. The fraction of sp³-hybridized carbons (Fsp3) is 0.846. The van der Waals surface area contributed by atoms with E-state index in [9.17, 15) is 9.59 Å². The first kappa shape index (κ1) is 13.5. The van der Waals surface area contributed by atoms with Crippen LogP contribution in [-0.2, 0) is 9.59 Å². The lowest BCUT2D eigenvalue weighted by Gasteiger charge is -2.31. The number of piperidine rings is 1. The summed E-state index contributed by atoms with van der Waals surface area (Å²) in [6.07, 6.45) is 4.49. The van der Waals surface area contributed by atoms with Gasteiger partial charge in [-0.05, 0) is 45.8 Å². The molecule has 2 aliphatic heterocycles. The van der Waals surface area contributed by atoms with Crippen LogP contribution < -0.4 is 5.32 Å². The van der Waals surface area contributed by atoms with Gasteiger partial charge in [0.15, 0.2) is 0 Å². The highest BCUT2D eigenvalue weighted by Gasteiger charge is 2.33. The SMILES string of the molecule is CN1CCCC(NC2CCC(=O)N(C)C2=O)CC1. The van der Waals surface area contributed by atoms with E-state index in [2.05, 4.69) is 17.3 Å². The zero-order chi connectivity index (χ0) is 13.1. The van der Waals surface area contributed by atoms with Crippen LogP contribution in [-0.4, -0.2) is 60.9 Å². The summed E-state index contributed by atoms with van der Waals surface area (Å²) in [4.78, 5) is 27.0. The van der Waals surface area contributed by atoms with Crippen LogP contribution in [0.4, 0.5) is 0 Å². The van der Waals surface area contributed by atoms with Crippen molar-refractivity contribution >= 4 is 11.8 Å². The largest absolute Gasteiger partial charge is 0.306 e. The van der Waals surface area contributed by atoms with Crippen LogP contribution >= 0.6 is 0 Å². The smallest absolute Gasteiger partial charge is 0.246 e. The molecular formula is C13H23N3O2. The Labute approximate surface area is 108 Å². The Bertz CT molecular complexity index is 332. The molecule has 0 aromatic carbocycles. The number of rotatable bonds is 2. The molecule has 0 spiro atoms. The van der Waals surface area contributed by atoms with Crippen LogP contribution in [0.2, 0.25) is 0 Å². The second-order valence-corrected chi connectivity index (χ2v) is 5.48. The molecule has 0 aliphatic carbocycles. The molecule has 0 aromatic rings. The van der Waals surface area contributed by atoms with Crippen LogP contribution in [0.15, 0.2) is 0 Å². The third-order valence-electron chi connectivity index (χ3n) is 4.04. The van der Waals surface area contributed by atoms with Crippen molar-refractivity contribution in [3.63, 3.8) is 0 Å². The van der Waals surface area contributed by atoms with Crippen LogP contribution in [0.3, 0.4) is 0 Å². The van der Waals surface area contributed by atoms with Gasteiger partial charge in [-0.25, -0.2) is 0 Å². The first-order valence-corrected chi connectivity index (χ1v) is 6.83. The highest BCUT2D eigenvalue weighted by atomic mass is 16.2. The summed E-state index contributed by atoms with van der Waals surface area (Å²) in [5, 5.41) is 3.45. The van der Waals surface area contributed by atoms with Crippen LogP contribution in [0.5, 0.6) is 0 Å². The standard InChI is InChI=1S/C13H23N3O2/c1-15-8-3-4-10(7-9-15)14-11-5-6-12(17)16(2)13(11)18/h10-11,14H,3-9H2,1-2H3. The molecule has 2 fully saturated rings. The molecule has 5 heteroatoms. The van der Waals surface area contributed by atoms with Gasteiger partial charge in [-0.1, -0.05) is 0 Å². The molecule has 18 heavy (non-hydrogen) atoms. The minimum Gasteiger partial charge on any atom is -0.306 e. The molecule has 2 atom stereocenters. The lowest BCUT2D eigenvalue weighted by Crippen LogP contribution is -2.54. The van der Waals surface area contributed by atoms with Gasteiger partial charge in [-0.2, -0.15) is 0 Å². The first-order chi connectivity index (χ1) is 8.58. The monoisotopic (exact) mass is 253 g/mol. The van der Waals surface area contributed by atoms with Crippen LogP contribution in [0.1, 0.15) is 32.1 Å². The van der Waals surface area contributed by atoms with Gasteiger partial charge in [0.05, 0.1) is 6.04 Å². The molecule has 0 saturated carbocycles. The molecule has 2 saturated heterocycles. The summed E-state index contributed by atoms with van der Waals surface area (Å²) in [6, 6.07) is 0.242. The summed E-state index contributed by atoms with van der Waals surface area (Å²) >= 11 is 0. The van der Waals surface area contributed by atoms with Gasteiger partial charge >= 0.3 is 0 Å². The number of hydrogen-bond donors (Lipinski definition) is 1. The summed E-state index contributed by atoms with van der Waals surface area (Å²) < 4.78 is 0. The number of carbonyl (C=O) groups excluding carboxylic acids is 2. The molecule has 2 amide bonds. The fourth-order valence-electron chi connectivity index (χ4n) is 2.76. The zero-order valence-electron chi connectivity index (χ0n) is 11.3. The second kappa shape index (κ2) is 5.80. The van der Waals surface area contributed by atoms with E-state index in [1.165, 1.54) is 11.3 Å². The molecule has 102 valence electrons. The van der Waals surface area contributed by atoms with E-state index in [0.29, 0.717) is 18.9 Å². The molecule has 2 heterocycles. The third kappa shape index (κ3) is 3.09. The zero-order valence-corrected chi connectivity index (χ0v) is 11.3. The molecule has 0 radical (unpaired) electrons. The van der Waals surface area contributed by atoms with Gasteiger partial charge < -0.3 is 10.2 Å². The summed E-state index contributed by atoms with van der Waals surface area (Å²) in [7, 11) is 3.72. The summed E-state index contributed by atoms with van der Waals surface area (Å²) in [6.45, 7) is 2.21. The van der Waals surface area contributed by atoms with Gasteiger partial charge in [0, 0.05) is 19.5 Å². The van der Waals surface area contributed by atoms with E-state index in [4.69, 9.17) is 0 Å². The predicted molar refractivity (Wildman–Crippen MR) is 69.1 cm³/mol. The van der Waals surface area contributed by atoms with E-state index in [1.54, 1.807) is 7.05 Å². The maximum atomic E-state index is 12.0. The van der Waals surface area contributed by atoms with Crippen molar-refractivity contribution in [2.45, 2.75) is 44.2 Å². The van der Waals surface area contributed by atoms with Gasteiger partial charge in [-0.15, -0.1) is 0 Å². The summed E-state index contributed by atoms with van der Waals surface area (Å²) in [5.74, 6) is -0.123. The first-order valence-electron chi connectivity index (χ1n) is 6.83. The molecule has 2 aliphatic rings. The van der Waals surface area contributed by atoms with E-state index < -0.39 is 0 Å². The van der Waals surface area contributed by atoms with Gasteiger partial charge in [-0.3, -0.25) is 14.5 Å². The average molecular weight is 253 g/mol. The quantitative estimate of drug-likeness (QED) is 0.715. The number of nitrogens with zero attached hydrogens (tertiary/aromatic N) is 2. The maximum Gasteiger partial charge on any atom is 0.246 e. The number of amides is 2. The molecule has 2 rings (SSSR count). The van der Waals surface area contributed by atoms with Crippen molar-refractivity contribution in [1.29, 1.82) is 0 Å². The van der Waals surface area contributed by atoms with Gasteiger partial charge in [0.2, 0.25) is 11.8 Å². The Morgan fingerprint density at radius 2 is 1.89 bits per heavy atom. The molecule has 2 unspecified atom stereocenters. The fourth-order valence-corrected chi connectivity index (χ4v) is 2.76. The van der Waals surface area contributed by atoms with E-state index in [0.717, 1.165) is 25.9 Å². The number of likely N-dealkylation sites (N-methyl/N-ethyl adjacent to an activating group) is 1. The Kier molecular flexibility index (Phi) is 4.35. The van der Waals surface area contributed by atoms with Gasteiger partial charge in [0.25, 0.3) is 0 Å². The van der Waals surface area contributed by atoms with Crippen LogP contribution in [0, 0.1) is 0 Å². The number of carbonyl (C=O) groups is 2. The predicted octanol–water partition coefficient (Wildman–Crippen LogP) is 0.208. The topological polar surface area (TPSA) is 52.7 Å². The number of likely N-dealkylation sites (tertiary alicyclic amines) is 2. The van der Waals surface area contributed by atoms with Gasteiger partial charge in [0.1, 0.15) is 0 Å². The van der Waals surface area contributed by atoms with E-state index >= 15 is 0 Å². The number of imide groups is 1. The van der Waals surface area contributed by atoms with E-state index in [1.807, 2.05) is 0 Å². The Hall–Kier alpha value is -0.940. The molecule has 0 aromatic heterocycles. The normalized spacial score (nSPS) is 31.6. The maximum absolute atomic E-state index is 12.0. The third-order valence-corrected chi connectivity index (χ3v) is 4.04. The highest BCUT2D eigenvalue weighted by molar-refractivity contribution is 6.00. The van der Waals surface area contributed by atoms with Crippen molar-refractivity contribution in [1.82, 2.24) is 15.1 Å². The number of nitrogens with one attached hydrogen (secondary N) is 1. The lowest BCUT2D eigenvalue weighted by atomic mass is 10.0. The van der Waals surface area contributed by atoms with Crippen molar-refractivity contribution in [2.75, 3.05) is 27.2 Å². The van der Waals surface area contributed by atoms with Crippen molar-refractivity contribution in [2.24, 2.45) is 0 Å². The van der Waals surface area contributed by atoms with E-state index in [-0.39, 0.29) is 17.9 Å². The molecule has 0 bridgehead atoms. The van der Waals surface area contributed by atoms with Crippen molar-refractivity contribution in [3.05, 3.63) is 0 Å². The van der Waals surface area contributed by atoms with Crippen molar-refractivity contribution < 1.29 is 9.59 Å². The minimum atomic E-state index is -0.166.